The van der Waals surface area contributed by atoms with E-state index in [1.165, 1.54) is 6.21 Å². The largest absolute Gasteiger partial charge is 0.506 e. The molecule has 2 aromatic rings. The van der Waals surface area contributed by atoms with E-state index in [4.69, 9.17) is 4.42 Å². The van der Waals surface area contributed by atoms with Crippen LogP contribution in [0.5, 0.6) is 5.75 Å². The summed E-state index contributed by atoms with van der Waals surface area (Å²) >= 11 is 0. The van der Waals surface area contributed by atoms with Gasteiger partial charge in [-0.15, -0.1) is 0 Å². The lowest BCUT2D eigenvalue weighted by molar-refractivity contribution is 0.159. The predicted octanol–water partition coefficient (Wildman–Crippen LogP) is 1.08. The Balaban J connectivity index is 1.92. The van der Waals surface area contributed by atoms with Crippen LogP contribution >= 0.6 is 0 Å². The average molecular weight is 287 g/mol. The van der Waals surface area contributed by atoms with Crippen molar-refractivity contribution in [3.8, 4) is 5.75 Å². The Kier molecular flexibility index (Phi) is 3.62. The van der Waals surface area contributed by atoms with Crippen molar-refractivity contribution in [1.82, 2.24) is 9.91 Å². The number of likely N-dealkylation sites (N-methyl/N-ethyl adjacent to an activating group) is 1. The standard InChI is InChI=1S/C15H17N3O3/c1-17-6-8-18(9-7-17)16-10-12-14(19)11-4-2-3-5-13(11)21-15(12)20/h2-5,10,19H,6-9H2,1H3/b16-10+. The van der Waals surface area contributed by atoms with E-state index in [2.05, 4.69) is 17.0 Å². The van der Waals surface area contributed by atoms with Crippen LogP contribution in [0.3, 0.4) is 0 Å². The van der Waals surface area contributed by atoms with E-state index >= 15 is 0 Å². The second-order valence-corrected chi connectivity index (χ2v) is 5.15. The molecule has 0 amide bonds. The fourth-order valence-corrected chi connectivity index (χ4v) is 2.31. The minimum absolute atomic E-state index is 0.0836. The third kappa shape index (κ3) is 2.75. The molecule has 21 heavy (non-hydrogen) atoms. The lowest BCUT2D eigenvalue weighted by Gasteiger charge is -2.30. The smallest absolute Gasteiger partial charge is 0.349 e. The predicted molar refractivity (Wildman–Crippen MR) is 80.8 cm³/mol. The van der Waals surface area contributed by atoms with Gasteiger partial charge in [0.1, 0.15) is 16.9 Å². The van der Waals surface area contributed by atoms with Gasteiger partial charge in [-0.3, -0.25) is 5.01 Å². The molecule has 110 valence electrons. The summed E-state index contributed by atoms with van der Waals surface area (Å²) in [6, 6.07) is 6.89. The summed E-state index contributed by atoms with van der Waals surface area (Å²) in [7, 11) is 2.06. The Labute approximate surface area is 121 Å². The quantitative estimate of drug-likeness (QED) is 0.661. The zero-order chi connectivity index (χ0) is 14.8. The van der Waals surface area contributed by atoms with Crippen LogP contribution < -0.4 is 5.63 Å². The molecule has 0 spiro atoms. The normalized spacial score (nSPS) is 16.9. The van der Waals surface area contributed by atoms with E-state index in [9.17, 15) is 9.90 Å². The molecule has 1 aromatic heterocycles. The van der Waals surface area contributed by atoms with Crippen molar-refractivity contribution in [3.05, 3.63) is 40.2 Å². The molecular weight excluding hydrogens is 270 g/mol. The highest BCUT2D eigenvalue weighted by Gasteiger charge is 2.14. The topological polar surface area (TPSA) is 69.3 Å². The minimum Gasteiger partial charge on any atom is -0.506 e. The molecule has 0 bridgehead atoms. The van der Waals surface area contributed by atoms with Crippen LogP contribution in [0, 0.1) is 0 Å². The molecule has 6 heteroatoms. The first-order chi connectivity index (χ1) is 10.1. The molecule has 0 aliphatic carbocycles. The first-order valence-corrected chi connectivity index (χ1v) is 6.87. The second-order valence-electron chi connectivity index (χ2n) is 5.15. The molecule has 3 rings (SSSR count). The number of hydrazone groups is 1. The van der Waals surface area contributed by atoms with Crippen molar-refractivity contribution in [2.45, 2.75) is 0 Å². The summed E-state index contributed by atoms with van der Waals surface area (Å²) in [6.07, 6.45) is 1.39. The lowest BCUT2D eigenvalue weighted by Crippen LogP contribution is -2.41. The van der Waals surface area contributed by atoms with Gasteiger partial charge in [-0.05, 0) is 19.2 Å². The fourth-order valence-electron chi connectivity index (χ4n) is 2.31. The molecule has 0 unspecified atom stereocenters. The first kappa shape index (κ1) is 13.6. The SMILES string of the molecule is CN1CCN(/N=C/c2c(O)c3ccccc3oc2=O)CC1. The van der Waals surface area contributed by atoms with Crippen LogP contribution in [-0.2, 0) is 0 Å². The summed E-state index contributed by atoms with van der Waals surface area (Å²) in [6.45, 7) is 3.45. The van der Waals surface area contributed by atoms with Crippen molar-refractivity contribution < 1.29 is 9.52 Å². The highest BCUT2D eigenvalue weighted by atomic mass is 16.4. The summed E-state index contributed by atoms with van der Waals surface area (Å²) in [5.41, 5.74) is -0.117. The van der Waals surface area contributed by atoms with Gasteiger partial charge in [-0.1, -0.05) is 12.1 Å². The van der Waals surface area contributed by atoms with E-state index in [0.29, 0.717) is 11.0 Å². The van der Waals surface area contributed by atoms with E-state index in [-0.39, 0.29) is 11.3 Å². The molecule has 1 aromatic carbocycles. The van der Waals surface area contributed by atoms with Crippen molar-refractivity contribution in [2.24, 2.45) is 5.10 Å². The molecule has 1 aliphatic heterocycles. The van der Waals surface area contributed by atoms with Gasteiger partial charge >= 0.3 is 5.63 Å². The van der Waals surface area contributed by atoms with Gasteiger partial charge in [0.2, 0.25) is 0 Å². The van der Waals surface area contributed by atoms with Crippen LogP contribution in [0.4, 0.5) is 0 Å². The van der Waals surface area contributed by atoms with Gasteiger partial charge in [-0.2, -0.15) is 5.10 Å². The number of fused-ring (bicyclic) bond motifs is 1. The Morgan fingerprint density at radius 3 is 2.71 bits per heavy atom. The number of nitrogens with zero attached hydrogens (tertiary/aromatic N) is 3. The van der Waals surface area contributed by atoms with Crippen molar-refractivity contribution in [2.75, 3.05) is 33.2 Å². The molecule has 1 N–H and O–H groups in total. The summed E-state index contributed by atoms with van der Waals surface area (Å²) in [4.78, 5) is 14.2. The molecule has 0 radical (unpaired) electrons. The second kappa shape index (κ2) is 5.57. The molecule has 0 saturated carbocycles. The molecule has 2 heterocycles. The maximum Gasteiger partial charge on any atom is 0.349 e. The molecular formula is C15H17N3O3. The van der Waals surface area contributed by atoms with Gasteiger partial charge in [-0.25, -0.2) is 4.79 Å². The Bertz CT molecular complexity index is 731. The number of piperazine rings is 1. The van der Waals surface area contributed by atoms with Crippen LogP contribution in [-0.4, -0.2) is 54.5 Å². The Morgan fingerprint density at radius 2 is 1.95 bits per heavy atom. The number of rotatable bonds is 2. The van der Waals surface area contributed by atoms with Crippen molar-refractivity contribution in [3.63, 3.8) is 0 Å². The fraction of sp³-hybridized carbons (Fsp3) is 0.333. The Hall–Kier alpha value is -2.34. The number of hydrogen-bond acceptors (Lipinski definition) is 6. The molecule has 0 atom stereocenters. The third-order valence-corrected chi connectivity index (χ3v) is 3.65. The number of aromatic hydroxyl groups is 1. The highest BCUT2D eigenvalue weighted by Crippen LogP contribution is 2.24. The van der Waals surface area contributed by atoms with Crippen LogP contribution in [0.25, 0.3) is 11.0 Å². The maximum atomic E-state index is 11.9. The number of hydrogen-bond donors (Lipinski definition) is 1. The van der Waals surface area contributed by atoms with Crippen molar-refractivity contribution >= 4 is 17.2 Å². The van der Waals surface area contributed by atoms with Gasteiger partial charge in [0.25, 0.3) is 0 Å². The number of benzene rings is 1. The molecule has 1 aliphatic rings. The van der Waals surface area contributed by atoms with E-state index < -0.39 is 5.63 Å². The monoisotopic (exact) mass is 287 g/mol. The summed E-state index contributed by atoms with van der Waals surface area (Å²) in [5.74, 6) is -0.0836. The first-order valence-electron chi connectivity index (χ1n) is 6.87. The molecule has 1 saturated heterocycles. The lowest BCUT2D eigenvalue weighted by atomic mass is 10.1. The summed E-state index contributed by atoms with van der Waals surface area (Å²) < 4.78 is 5.20. The average Bonchev–Trinajstić information content (AvgIpc) is 2.49. The van der Waals surface area contributed by atoms with Gasteiger partial charge < -0.3 is 14.4 Å². The van der Waals surface area contributed by atoms with Gasteiger partial charge in [0, 0.05) is 26.2 Å². The maximum absolute atomic E-state index is 11.9. The highest BCUT2D eigenvalue weighted by molar-refractivity contribution is 5.93. The van der Waals surface area contributed by atoms with E-state index in [1.54, 1.807) is 24.3 Å². The van der Waals surface area contributed by atoms with Gasteiger partial charge in [0.15, 0.2) is 0 Å². The zero-order valence-electron chi connectivity index (χ0n) is 11.8. The van der Waals surface area contributed by atoms with Crippen molar-refractivity contribution in [1.29, 1.82) is 0 Å². The Morgan fingerprint density at radius 1 is 1.24 bits per heavy atom. The molecule has 1 fully saturated rings. The van der Waals surface area contributed by atoms with E-state index in [1.807, 2.05) is 5.01 Å². The van der Waals surface area contributed by atoms with E-state index in [0.717, 1.165) is 26.2 Å². The number of para-hydroxylation sites is 1. The van der Waals surface area contributed by atoms with Gasteiger partial charge in [0.05, 0.1) is 11.6 Å². The zero-order valence-corrected chi connectivity index (χ0v) is 11.8. The third-order valence-electron chi connectivity index (χ3n) is 3.65. The molecule has 6 nitrogen and oxygen atoms in total. The van der Waals surface area contributed by atoms with Crippen LogP contribution in [0.2, 0.25) is 0 Å². The minimum atomic E-state index is -0.580. The summed E-state index contributed by atoms with van der Waals surface area (Å²) in [5, 5.41) is 16.9. The van der Waals surface area contributed by atoms with Crippen LogP contribution in [0.15, 0.2) is 38.6 Å². The van der Waals surface area contributed by atoms with Crippen LogP contribution in [0.1, 0.15) is 5.56 Å².